The zero-order chi connectivity index (χ0) is 17.2. The molecule has 0 spiro atoms. The Hall–Kier alpha value is -1.30. The van der Waals surface area contributed by atoms with E-state index < -0.39 is 17.7 Å². The molecule has 0 aromatic carbocycles. The molecule has 2 fully saturated rings. The highest BCUT2D eigenvalue weighted by Crippen LogP contribution is 2.34. The van der Waals surface area contributed by atoms with Crippen LogP contribution in [0.2, 0.25) is 0 Å². The Kier molecular flexibility index (Phi) is 5.55. The van der Waals surface area contributed by atoms with Crippen molar-refractivity contribution in [2.75, 3.05) is 0 Å². The monoisotopic (exact) mass is 325 g/mol. The zero-order valence-corrected chi connectivity index (χ0v) is 14.8. The van der Waals surface area contributed by atoms with Crippen LogP contribution in [0, 0.1) is 0 Å². The van der Waals surface area contributed by atoms with Gasteiger partial charge in [0, 0.05) is 6.04 Å². The van der Waals surface area contributed by atoms with Gasteiger partial charge in [-0.25, -0.2) is 4.79 Å². The lowest BCUT2D eigenvalue weighted by Gasteiger charge is -2.41. The van der Waals surface area contributed by atoms with Gasteiger partial charge in [0.2, 0.25) is 5.91 Å². The molecule has 132 valence electrons. The smallest absolute Gasteiger partial charge is 0.407 e. The summed E-state index contributed by atoms with van der Waals surface area (Å²) >= 11 is 0. The number of carbonyl (C=O) groups is 2. The molecule has 0 aromatic heterocycles. The highest BCUT2D eigenvalue weighted by molar-refractivity contribution is 5.82. The lowest BCUT2D eigenvalue weighted by atomic mass is 9.88. The van der Waals surface area contributed by atoms with E-state index in [4.69, 9.17) is 10.5 Å². The zero-order valence-electron chi connectivity index (χ0n) is 14.8. The second-order valence-electron chi connectivity index (χ2n) is 7.87. The number of carbonyl (C=O) groups excluding carboxylic acids is 2. The van der Waals surface area contributed by atoms with Gasteiger partial charge in [-0.3, -0.25) is 4.79 Å². The fourth-order valence-electron chi connectivity index (χ4n) is 3.27. The van der Waals surface area contributed by atoms with E-state index in [2.05, 4.69) is 5.32 Å². The number of alkyl carbamates (subject to hydrolysis) is 1. The first-order valence-electron chi connectivity index (χ1n) is 8.76. The molecule has 6 nitrogen and oxygen atoms in total. The molecule has 0 radical (unpaired) electrons. The van der Waals surface area contributed by atoms with Gasteiger partial charge in [0.1, 0.15) is 5.60 Å². The van der Waals surface area contributed by atoms with Gasteiger partial charge in [-0.2, -0.15) is 0 Å². The molecule has 0 heterocycles. The summed E-state index contributed by atoms with van der Waals surface area (Å²) in [6.45, 7) is 7.28. The van der Waals surface area contributed by atoms with Crippen molar-refractivity contribution >= 4 is 12.0 Å². The SMILES string of the molecule is C[C@H](N)C(=O)N(C1CC1)[C@@H]1CCCC[C@@H]1NC(=O)OC(C)(C)C. The van der Waals surface area contributed by atoms with Gasteiger partial charge >= 0.3 is 6.09 Å². The summed E-state index contributed by atoms with van der Waals surface area (Å²) in [6.07, 6.45) is 5.59. The molecule has 0 aliphatic heterocycles. The van der Waals surface area contributed by atoms with Crippen LogP contribution in [0.15, 0.2) is 0 Å². The average molecular weight is 325 g/mol. The fraction of sp³-hybridized carbons (Fsp3) is 0.882. The minimum Gasteiger partial charge on any atom is -0.444 e. The Morgan fingerprint density at radius 2 is 1.78 bits per heavy atom. The summed E-state index contributed by atoms with van der Waals surface area (Å²) in [6, 6.07) is -0.233. The van der Waals surface area contributed by atoms with Crippen LogP contribution in [0.25, 0.3) is 0 Å². The largest absolute Gasteiger partial charge is 0.444 e. The average Bonchev–Trinajstić information content (AvgIpc) is 3.23. The predicted molar refractivity (Wildman–Crippen MR) is 88.9 cm³/mol. The molecule has 3 atom stereocenters. The van der Waals surface area contributed by atoms with Crippen molar-refractivity contribution in [3.05, 3.63) is 0 Å². The van der Waals surface area contributed by atoms with E-state index >= 15 is 0 Å². The summed E-state index contributed by atoms with van der Waals surface area (Å²) in [5, 5.41) is 2.99. The van der Waals surface area contributed by atoms with Crippen molar-refractivity contribution < 1.29 is 14.3 Å². The number of nitrogens with one attached hydrogen (secondary N) is 1. The Labute approximate surface area is 139 Å². The molecule has 3 N–H and O–H groups in total. The first kappa shape index (κ1) is 18.0. The standard InChI is InChI=1S/C17H31N3O3/c1-11(18)15(21)20(12-9-10-12)14-8-6-5-7-13(14)19-16(22)23-17(2,3)4/h11-14H,5-10,18H2,1-4H3,(H,19,22)/t11-,13-,14+/m0/s1. The van der Waals surface area contributed by atoms with E-state index in [0.717, 1.165) is 38.5 Å². The van der Waals surface area contributed by atoms with Crippen molar-refractivity contribution in [3.63, 3.8) is 0 Å². The molecule has 2 aliphatic rings. The minimum absolute atomic E-state index is 0.00427. The molecule has 0 saturated heterocycles. The number of nitrogens with two attached hydrogens (primary N) is 1. The van der Waals surface area contributed by atoms with E-state index in [0.29, 0.717) is 6.04 Å². The predicted octanol–water partition coefficient (Wildman–Crippen LogP) is 2.16. The van der Waals surface area contributed by atoms with Gasteiger partial charge in [-0.05, 0) is 53.4 Å². The third-order valence-corrected chi connectivity index (χ3v) is 4.37. The van der Waals surface area contributed by atoms with Crippen LogP contribution in [0.3, 0.4) is 0 Å². The van der Waals surface area contributed by atoms with E-state index in [-0.39, 0.29) is 18.0 Å². The molecule has 0 unspecified atom stereocenters. The van der Waals surface area contributed by atoms with Gasteiger partial charge in [0.25, 0.3) is 0 Å². The summed E-state index contributed by atoms with van der Waals surface area (Å²) in [5.41, 5.74) is 5.31. The van der Waals surface area contributed by atoms with Crippen molar-refractivity contribution in [3.8, 4) is 0 Å². The maximum Gasteiger partial charge on any atom is 0.407 e. The Balaban J connectivity index is 2.07. The first-order chi connectivity index (χ1) is 10.7. The van der Waals surface area contributed by atoms with Gasteiger partial charge < -0.3 is 20.7 Å². The number of ether oxygens (including phenoxy) is 1. The van der Waals surface area contributed by atoms with Gasteiger partial charge in [0.05, 0.1) is 18.1 Å². The number of hydrogen-bond donors (Lipinski definition) is 2. The number of amides is 2. The van der Waals surface area contributed by atoms with Crippen LogP contribution in [-0.4, -0.2) is 46.7 Å². The Morgan fingerprint density at radius 1 is 1.17 bits per heavy atom. The molecule has 2 rings (SSSR count). The molecule has 23 heavy (non-hydrogen) atoms. The van der Waals surface area contributed by atoms with Crippen LogP contribution in [0.4, 0.5) is 4.79 Å². The van der Waals surface area contributed by atoms with Crippen molar-refractivity contribution in [2.45, 2.75) is 96.0 Å². The number of nitrogens with zero attached hydrogens (tertiary/aromatic N) is 1. The molecule has 6 heteroatoms. The number of rotatable bonds is 4. The summed E-state index contributed by atoms with van der Waals surface area (Å²) in [5.74, 6) is -0.00427. The summed E-state index contributed by atoms with van der Waals surface area (Å²) in [7, 11) is 0. The third-order valence-electron chi connectivity index (χ3n) is 4.37. The van der Waals surface area contributed by atoms with Crippen LogP contribution >= 0.6 is 0 Å². The van der Waals surface area contributed by atoms with E-state index in [9.17, 15) is 9.59 Å². The Bertz CT molecular complexity index is 441. The van der Waals surface area contributed by atoms with Crippen LogP contribution in [-0.2, 0) is 9.53 Å². The molecule has 2 aliphatic carbocycles. The molecule has 0 aromatic rings. The molecule has 2 saturated carbocycles. The van der Waals surface area contributed by atoms with E-state index in [1.54, 1.807) is 6.92 Å². The lowest BCUT2D eigenvalue weighted by molar-refractivity contribution is -0.136. The maximum atomic E-state index is 12.5. The Morgan fingerprint density at radius 3 is 2.30 bits per heavy atom. The van der Waals surface area contributed by atoms with Crippen LogP contribution in [0.5, 0.6) is 0 Å². The van der Waals surface area contributed by atoms with Crippen LogP contribution in [0.1, 0.15) is 66.2 Å². The maximum absolute atomic E-state index is 12.5. The third kappa shape index (κ3) is 5.09. The highest BCUT2D eigenvalue weighted by Gasteiger charge is 2.42. The second-order valence-corrected chi connectivity index (χ2v) is 7.87. The van der Waals surface area contributed by atoms with Gasteiger partial charge in [-0.15, -0.1) is 0 Å². The van der Waals surface area contributed by atoms with E-state index in [1.165, 1.54) is 0 Å². The quantitative estimate of drug-likeness (QED) is 0.829. The van der Waals surface area contributed by atoms with Crippen molar-refractivity contribution in [2.24, 2.45) is 5.73 Å². The first-order valence-corrected chi connectivity index (χ1v) is 8.76. The summed E-state index contributed by atoms with van der Waals surface area (Å²) < 4.78 is 5.37. The summed E-state index contributed by atoms with van der Waals surface area (Å²) in [4.78, 5) is 26.6. The van der Waals surface area contributed by atoms with Crippen molar-refractivity contribution in [1.29, 1.82) is 0 Å². The topological polar surface area (TPSA) is 84.7 Å². The second kappa shape index (κ2) is 7.07. The molecular weight excluding hydrogens is 294 g/mol. The van der Waals surface area contributed by atoms with Crippen LogP contribution < -0.4 is 11.1 Å². The number of hydrogen-bond acceptors (Lipinski definition) is 4. The minimum atomic E-state index is -0.522. The molecule has 2 amide bonds. The van der Waals surface area contributed by atoms with E-state index in [1.807, 2.05) is 25.7 Å². The van der Waals surface area contributed by atoms with Crippen molar-refractivity contribution in [1.82, 2.24) is 10.2 Å². The van der Waals surface area contributed by atoms with Gasteiger partial charge in [-0.1, -0.05) is 12.8 Å². The van der Waals surface area contributed by atoms with Gasteiger partial charge in [0.15, 0.2) is 0 Å². The highest BCUT2D eigenvalue weighted by atomic mass is 16.6. The lowest BCUT2D eigenvalue weighted by Crippen LogP contribution is -2.58. The molecule has 0 bridgehead atoms. The normalized spacial score (nSPS) is 26.3. The molecular formula is C17H31N3O3. The fourth-order valence-corrected chi connectivity index (χ4v) is 3.27.